The molecule has 1 aliphatic rings. The van der Waals surface area contributed by atoms with Crippen molar-refractivity contribution in [2.24, 2.45) is 0 Å². The van der Waals surface area contributed by atoms with Gasteiger partial charge in [0.15, 0.2) is 11.6 Å². The van der Waals surface area contributed by atoms with Crippen LogP contribution >= 0.6 is 0 Å². The van der Waals surface area contributed by atoms with Crippen molar-refractivity contribution in [3.05, 3.63) is 47.7 Å². The highest BCUT2D eigenvalue weighted by molar-refractivity contribution is 7.90. The second kappa shape index (κ2) is 6.87. The third-order valence-corrected chi connectivity index (χ3v) is 4.54. The SMILES string of the molecule is CS(=O)(=O)CCNC=C1C(=O)CC(c2ccccc2)CC1=O. The van der Waals surface area contributed by atoms with E-state index in [4.69, 9.17) is 0 Å². The molecule has 0 heterocycles. The van der Waals surface area contributed by atoms with Crippen molar-refractivity contribution in [3.63, 3.8) is 0 Å². The van der Waals surface area contributed by atoms with Gasteiger partial charge in [-0.05, 0) is 11.5 Å². The Labute approximate surface area is 130 Å². The standard InChI is InChI=1S/C16H19NO4S/c1-22(20,21)8-7-17-11-14-15(18)9-13(10-16(14)19)12-5-3-2-4-6-12/h2-6,11,13,17H,7-10H2,1H3. The summed E-state index contributed by atoms with van der Waals surface area (Å²) < 4.78 is 22.0. The van der Waals surface area contributed by atoms with Crippen LogP contribution < -0.4 is 5.32 Å². The highest BCUT2D eigenvalue weighted by atomic mass is 32.2. The van der Waals surface area contributed by atoms with Gasteiger partial charge in [0.25, 0.3) is 0 Å². The van der Waals surface area contributed by atoms with E-state index < -0.39 is 9.84 Å². The maximum Gasteiger partial charge on any atom is 0.168 e. The van der Waals surface area contributed by atoms with Gasteiger partial charge in [-0.1, -0.05) is 30.3 Å². The molecule has 1 aliphatic carbocycles. The Kier molecular flexibility index (Phi) is 5.13. The number of allylic oxidation sites excluding steroid dienone is 1. The fourth-order valence-corrected chi connectivity index (χ4v) is 2.92. The average molecular weight is 321 g/mol. The molecule has 1 fully saturated rings. The first-order chi connectivity index (χ1) is 10.4. The van der Waals surface area contributed by atoms with Crippen molar-refractivity contribution in [1.82, 2.24) is 5.32 Å². The Balaban J connectivity index is 1.99. The minimum Gasteiger partial charge on any atom is -0.389 e. The molecule has 0 atom stereocenters. The maximum atomic E-state index is 12.1. The maximum absolute atomic E-state index is 12.1. The molecule has 2 rings (SSSR count). The summed E-state index contributed by atoms with van der Waals surface area (Å²) in [5.74, 6) is -0.505. The molecule has 0 saturated heterocycles. The molecule has 5 nitrogen and oxygen atoms in total. The molecule has 0 aromatic heterocycles. The van der Waals surface area contributed by atoms with Crippen molar-refractivity contribution < 1.29 is 18.0 Å². The van der Waals surface area contributed by atoms with Crippen LogP contribution in [0.25, 0.3) is 0 Å². The Bertz CT molecular complexity index is 672. The van der Waals surface area contributed by atoms with Crippen molar-refractivity contribution in [2.45, 2.75) is 18.8 Å². The molecule has 6 heteroatoms. The van der Waals surface area contributed by atoms with E-state index in [2.05, 4.69) is 5.32 Å². The van der Waals surface area contributed by atoms with Crippen molar-refractivity contribution >= 4 is 21.4 Å². The summed E-state index contributed by atoms with van der Waals surface area (Å²) in [4.78, 5) is 24.3. The second-order valence-electron chi connectivity index (χ2n) is 5.50. The molecular weight excluding hydrogens is 302 g/mol. The Morgan fingerprint density at radius 2 is 1.73 bits per heavy atom. The molecule has 1 aromatic carbocycles. The van der Waals surface area contributed by atoms with Gasteiger partial charge in [-0.3, -0.25) is 9.59 Å². The van der Waals surface area contributed by atoms with E-state index in [1.807, 2.05) is 30.3 Å². The molecular formula is C16H19NO4S. The molecule has 0 amide bonds. The number of benzene rings is 1. The summed E-state index contributed by atoms with van der Waals surface area (Å²) in [7, 11) is -3.06. The zero-order valence-corrected chi connectivity index (χ0v) is 13.2. The van der Waals surface area contributed by atoms with E-state index in [1.165, 1.54) is 6.20 Å². The Morgan fingerprint density at radius 3 is 2.27 bits per heavy atom. The Hall–Kier alpha value is -1.95. The summed E-state index contributed by atoms with van der Waals surface area (Å²) in [6.45, 7) is 0.186. The molecule has 1 saturated carbocycles. The molecule has 1 aromatic rings. The van der Waals surface area contributed by atoms with E-state index in [-0.39, 0.29) is 35.4 Å². The van der Waals surface area contributed by atoms with E-state index >= 15 is 0 Å². The zero-order chi connectivity index (χ0) is 16.2. The molecule has 0 unspecified atom stereocenters. The van der Waals surface area contributed by atoms with E-state index in [1.54, 1.807) is 0 Å². The second-order valence-corrected chi connectivity index (χ2v) is 7.76. The smallest absolute Gasteiger partial charge is 0.168 e. The summed E-state index contributed by atoms with van der Waals surface area (Å²) in [6.07, 6.45) is 3.10. The first kappa shape index (κ1) is 16.4. The lowest BCUT2D eigenvalue weighted by molar-refractivity contribution is -0.124. The van der Waals surface area contributed by atoms with Crippen LogP contribution in [0.4, 0.5) is 0 Å². The first-order valence-electron chi connectivity index (χ1n) is 7.09. The van der Waals surface area contributed by atoms with Gasteiger partial charge in [0, 0.05) is 31.8 Å². The lowest BCUT2D eigenvalue weighted by Crippen LogP contribution is -2.27. The summed E-state index contributed by atoms with van der Waals surface area (Å²) in [5, 5.41) is 2.74. The van der Waals surface area contributed by atoms with Gasteiger partial charge in [0.1, 0.15) is 9.84 Å². The molecule has 1 N–H and O–H groups in total. The van der Waals surface area contributed by atoms with Gasteiger partial charge in [-0.15, -0.1) is 0 Å². The monoisotopic (exact) mass is 321 g/mol. The van der Waals surface area contributed by atoms with Crippen molar-refractivity contribution in [3.8, 4) is 0 Å². The number of ketones is 2. The molecule has 0 bridgehead atoms. The minimum absolute atomic E-state index is 0.0359. The fraction of sp³-hybridized carbons (Fsp3) is 0.375. The number of nitrogens with one attached hydrogen (secondary N) is 1. The van der Waals surface area contributed by atoms with Gasteiger partial charge >= 0.3 is 0 Å². The predicted molar refractivity (Wildman–Crippen MR) is 84.2 cm³/mol. The van der Waals surface area contributed by atoms with Crippen LogP contribution in [-0.2, 0) is 19.4 Å². The van der Waals surface area contributed by atoms with Crippen LogP contribution in [-0.4, -0.2) is 38.5 Å². The van der Waals surface area contributed by atoms with Crippen molar-refractivity contribution in [1.29, 1.82) is 0 Å². The van der Waals surface area contributed by atoms with Crippen LogP contribution in [0.1, 0.15) is 24.3 Å². The van der Waals surface area contributed by atoms with Gasteiger partial charge in [-0.25, -0.2) is 8.42 Å². The zero-order valence-electron chi connectivity index (χ0n) is 12.4. The highest BCUT2D eigenvalue weighted by Crippen LogP contribution is 2.31. The van der Waals surface area contributed by atoms with Crippen LogP contribution in [0.15, 0.2) is 42.1 Å². The van der Waals surface area contributed by atoms with E-state index in [0.29, 0.717) is 12.8 Å². The quantitative estimate of drug-likeness (QED) is 0.501. The third-order valence-electron chi connectivity index (χ3n) is 3.60. The number of hydrogen-bond acceptors (Lipinski definition) is 5. The van der Waals surface area contributed by atoms with E-state index in [9.17, 15) is 18.0 Å². The lowest BCUT2D eigenvalue weighted by atomic mass is 9.80. The number of sulfone groups is 1. The summed E-state index contributed by atoms with van der Waals surface area (Å²) in [6, 6.07) is 9.52. The molecule has 0 spiro atoms. The normalized spacial score (nSPS) is 19.1. The number of carbonyl (C=O) groups is 2. The lowest BCUT2D eigenvalue weighted by Gasteiger charge is -2.22. The molecule has 118 valence electrons. The first-order valence-corrected chi connectivity index (χ1v) is 9.15. The highest BCUT2D eigenvalue weighted by Gasteiger charge is 2.31. The predicted octanol–water partition coefficient (Wildman–Crippen LogP) is 1.22. The van der Waals surface area contributed by atoms with Gasteiger partial charge in [0.05, 0.1) is 11.3 Å². The number of rotatable bonds is 5. The molecule has 0 radical (unpaired) electrons. The third kappa shape index (κ3) is 4.53. The van der Waals surface area contributed by atoms with E-state index in [0.717, 1.165) is 11.8 Å². The van der Waals surface area contributed by atoms with Gasteiger partial charge in [0.2, 0.25) is 0 Å². The fourth-order valence-electron chi connectivity index (χ4n) is 2.44. The van der Waals surface area contributed by atoms with Gasteiger partial charge in [-0.2, -0.15) is 0 Å². The number of hydrogen-bond donors (Lipinski definition) is 1. The van der Waals surface area contributed by atoms with Crippen LogP contribution in [0.5, 0.6) is 0 Å². The topological polar surface area (TPSA) is 80.3 Å². The number of Topliss-reactive ketones (excluding diaryl/α,β-unsaturated/α-hetero) is 2. The minimum atomic E-state index is -3.06. The van der Waals surface area contributed by atoms with Crippen LogP contribution in [0, 0.1) is 0 Å². The number of carbonyl (C=O) groups excluding carboxylic acids is 2. The Morgan fingerprint density at radius 1 is 1.14 bits per heavy atom. The molecule has 0 aliphatic heterocycles. The summed E-state index contributed by atoms with van der Waals surface area (Å²) >= 11 is 0. The van der Waals surface area contributed by atoms with Crippen LogP contribution in [0.2, 0.25) is 0 Å². The van der Waals surface area contributed by atoms with Crippen molar-refractivity contribution in [2.75, 3.05) is 18.6 Å². The van der Waals surface area contributed by atoms with Gasteiger partial charge < -0.3 is 5.32 Å². The largest absolute Gasteiger partial charge is 0.389 e. The molecule has 22 heavy (non-hydrogen) atoms. The average Bonchev–Trinajstić information content (AvgIpc) is 2.45. The summed E-state index contributed by atoms with van der Waals surface area (Å²) in [5.41, 5.74) is 1.13. The van der Waals surface area contributed by atoms with Crippen LogP contribution in [0.3, 0.4) is 0 Å².